The summed E-state index contributed by atoms with van der Waals surface area (Å²) in [6.07, 6.45) is -3.36. The molecule has 7 heteroatoms. The van der Waals surface area contributed by atoms with Gasteiger partial charge in [0.05, 0.1) is 10.0 Å². The summed E-state index contributed by atoms with van der Waals surface area (Å²) in [5.41, 5.74) is -0.0869. The van der Waals surface area contributed by atoms with Crippen LogP contribution >= 0.6 is 15.9 Å². The summed E-state index contributed by atoms with van der Waals surface area (Å²) < 4.78 is 50.6. The Kier molecular flexibility index (Phi) is 3.85. The molecule has 0 bridgehead atoms. The van der Waals surface area contributed by atoms with Crippen LogP contribution in [0.4, 0.5) is 17.6 Å². The van der Waals surface area contributed by atoms with Crippen LogP contribution in [-0.2, 0) is 0 Å². The lowest BCUT2D eigenvalue weighted by Crippen LogP contribution is -2.40. The van der Waals surface area contributed by atoms with Crippen LogP contribution in [0, 0.1) is 5.82 Å². The number of hydrogen-bond acceptors (Lipinski definition) is 1. The highest BCUT2D eigenvalue weighted by Gasteiger charge is 2.41. The van der Waals surface area contributed by atoms with Gasteiger partial charge in [-0.15, -0.1) is 0 Å². The van der Waals surface area contributed by atoms with Gasteiger partial charge in [-0.25, -0.2) is 4.39 Å². The van der Waals surface area contributed by atoms with Crippen LogP contribution in [-0.4, -0.2) is 29.6 Å². The Bertz CT molecular complexity index is 499. The van der Waals surface area contributed by atoms with E-state index >= 15 is 0 Å². The normalized spacial score (nSPS) is 15.4. The van der Waals surface area contributed by atoms with Crippen molar-refractivity contribution in [3.63, 3.8) is 0 Å². The Morgan fingerprint density at radius 1 is 1.37 bits per heavy atom. The molecule has 104 valence electrons. The molecule has 0 aromatic heterocycles. The minimum Gasteiger partial charge on any atom is -0.327 e. The predicted octanol–water partition coefficient (Wildman–Crippen LogP) is 3.76. The monoisotopic (exact) mass is 339 g/mol. The molecule has 1 aromatic carbocycles. The fourth-order valence-electron chi connectivity index (χ4n) is 1.77. The van der Waals surface area contributed by atoms with Gasteiger partial charge in [-0.1, -0.05) is 6.07 Å². The average molecular weight is 340 g/mol. The molecule has 1 saturated carbocycles. The van der Waals surface area contributed by atoms with Crippen LogP contribution in [0.1, 0.15) is 23.2 Å². The second kappa shape index (κ2) is 5.11. The van der Waals surface area contributed by atoms with Gasteiger partial charge in [0.2, 0.25) is 0 Å². The van der Waals surface area contributed by atoms with Gasteiger partial charge in [-0.3, -0.25) is 4.79 Å². The summed E-state index contributed by atoms with van der Waals surface area (Å²) in [5.74, 6) is -1.47. The molecule has 0 spiro atoms. The van der Waals surface area contributed by atoms with Crippen LogP contribution in [0.15, 0.2) is 22.7 Å². The number of halogens is 5. The van der Waals surface area contributed by atoms with Crippen molar-refractivity contribution in [1.82, 2.24) is 4.90 Å². The molecule has 19 heavy (non-hydrogen) atoms. The van der Waals surface area contributed by atoms with Crippen molar-refractivity contribution in [1.29, 1.82) is 0 Å². The van der Waals surface area contributed by atoms with E-state index in [-0.39, 0.29) is 10.0 Å². The van der Waals surface area contributed by atoms with E-state index in [1.54, 1.807) is 0 Å². The molecule has 2 rings (SSSR count). The minimum absolute atomic E-state index is 0.0869. The molecule has 0 saturated heterocycles. The number of alkyl halides is 3. The summed E-state index contributed by atoms with van der Waals surface area (Å²) in [6, 6.07) is 3.34. The molecule has 1 aromatic rings. The zero-order valence-corrected chi connectivity index (χ0v) is 11.3. The fraction of sp³-hybridized carbons (Fsp3) is 0.417. The van der Waals surface area contributed by atoms with Crippen LogP contribution in [0.2, 0.25) is 0 Å². The lowest BCUT2D eigenvalue weighted by Gasteiger charge is -2.24. The lowest BCUT2D eigenvalue weighted by atomic mass is 10.2. The molecule has 0 radical (unpaired) electrons. The van der Waals surface area contributed by atoms with E-state index < -0.39 is 30.5 Å². The molecular formula is C12H10BrF4NO. The summed E-state index contributed by atoms with van der Waals surface area (Å²) in [6.45, 7) is -1.31. The quantitative estimate of drug-likeness (QED) is 0.768. The SMILES string of the molecule is O=C(c1cccc(F)c1Br)N(CC(F)(F)F)C1CC1. The lowest BCUT2D eigenvalue weighted by molar-refractivity contribution is -0.141. The molecule has 0 heterocycles. The van der Waals surface area contributed by atoms with Crippen molar-refractivity contribution < 1.29 is 22.4 Å². The van der Waals surface area contributed by atoms with Crippen molar-refractivity contribution in [3.05, 3.63) is 34.1 Å². The van der Waals surface area contributed by atoms with Crippen molar-refractivity contribution in [3.8, 4) is 0 Å². The topological polar surface area (TPSA) is 20.3 Å². The van der Waals surface area contributed by atoms with E-state index in [1.165, 1.54) is 12.1 Å². The zero-order chi connectivity index (χ0) is 14.2. The van der Waals surface area contributed by atoms with Crippen LogP contribution < -0.4 is 0 Å². The van der Waals surface area contributed by atoms with Crippen molar-refractivity contribution in [2.75, 3.05) is 6.54 Å². The summed E-state index contributed by atoms with van der Waals surface area (Å²) in [7, 11) is 0. The summed E-state index contributed by atoms with van der Waals surface area (Å²) >= 11 is 2.89. The van der Waals surface area contributed by atoms with Crippen LogP contribution in [0.3, 0.4) is 0 Å². The van der Waals surface area contributed by atoms with Gasteiger partial charge >= 0.3 is 6.18 Å². The van der Waals surface area contributed by atoms with Gasteiger partial charge in [0.15, 0.2) is 0 Å². The standard InChI is InChI=1S/C12H10BrF4NO/c13-10-8(2-1-3-9(10)14)11(19)18(7-4-5-7)6-12(15,16)17/h1-3,7H,4-6H2. The van der Waals surface area contributed by atoms with Gasteiger partial charge in [0.1, 0.15) is 12.4 Å². The fourth-order valence-corrected chi connectivity index (χ4v) is 2.20. The first-order valence-electron chi connectivity index (χ1n) is 5.61. The number of benzene rings is 1. The molecule has 0 aliphatic heterocycles. The van der Waals surface area contributed by atoms with E-state index in [0.29, 0.717) is 12.8 Å². The van der Waals surface area contributed by atoms with Gasteiger partial charge in [0.25, 0.3) is 5.91 Å². The molecule has 1 amide bonds. The maximum absolute atomic E-state index is 13.3. The van der Waals surface area contributed by atoms with E-state index in [0.717, 1.165) is 11.0 Å². The third-order valence-electron chi connectivity index (χ3n) is 2.78. The van der Waals surface area contributed by atoms with Crippen molar-refractivity contribution in [2.45, 2.75) is 25.1 Å². The van der Waals surface area contributed by atoms with E-state index in [4.69, 9.17) is 0 Å². The molecule has 0 unspecified atom stereocenters. The molecule has 1 aliphatic rings. The second-order valence-electron chi connectivity index (χ2n) is 4.38. The smallest absolute Gasteiger partial charge is 0.327 e. The number of amides is 1. The Morgan fingerprint density at radius 3 is 2.53 bits per heavy atom. The Labute approximate surface area is 115 Å². The highest BCUT2D eigenvalue weighted by atomic mass is 79.9. The maximum atomic E-state index is 13.3. The highest BCUT2D eigenvalue weighted by Crippen LogP contribution is 2.33. The molecule has 0 N–H and O–H groups in total. The van der Waals surface area contributed by atoms with Gasteiger partial charge in [-0.05, 0) is 40.9 Å². The molecule has 2 nitrogen and oxygen atoms in total. The van der Waals surface area contributed by atoms with E-state index in [2.05, 4.69) is 15.9 Å². The highest BCUT2D eigenvalue weighted by molar-refractivity contribution is 9.10. The average Bonchev–Trinajstić information content (AvgIpc) is 3.12. The van der Waals surface area contributed by atoms with E-state index in [1.807, 2.05) is 0 Å². The van der Waals surface area contributed by atoms with Crippen molar-refractivity contribution in [2.24, 2.45) is 0 Å². The van der Waals surface area contributed by atoms with E-state index in [9.17, 15) is 22.4 Å². The van der Waals surface area contributed by atoms with Crippen LogP contribution in [0.25, 0.3) is 0 Å². The first kappa shape index (κ1) is 14.3. The second-order valence-corrected chi connectivity index (χ2v) is 5.17. The van der Waals surface area contributed by atoms with Crippen LogP contribution in [0.5, 0.6) is 0 Å². The number of nitrogens with zero attached hydrogens (tertiary/aromatic N) is 1. The first-order valence-corrected chi connectivity index (χ1v) is 6.40. The Hall–Kier alpha value is -1.11. The third-order valence-corrected chi connectivity index (χ3v) is 3.59. The largest absolute Gasteiger partial charge is 0.406 e. The minimum atomic E-state index is -4.46. The zero-order valence-electron chi connectivity index (χ0n) is 9.68. The molecule has 0 atom stereocenters. The van der Waals surface area contributed by atoms with Gasteiger partial charge in [-0.2, -0.15) is 13.2 Å². The number of carbonyl (C=O) groups is 1. The Morgan fingerprint density at radius 2 is 2.00 bits per heavy atom. The summed E-state index contributed by atoms with van der Waals surface area (Å²) in [5, 5.41) is 0. The van der Waals surface area contributed by atoms with Crippen molar-refractivity contribution >= 4 is 21.8 Å². The summed E-state index contributed by atoms with van der Waals surface area (Å²) in [4.78, 5) is 12.9. The predicted molar refractivity (Wildman–Crippen MR) is 64.2 cm³/mol. The number of hydrogen-bond donors (Lipinski definition) is 0. The number of rotatable bonds is 3. The number of carbonyl (C=O) groups excluding carboxylic acids is 1. The van der Waals surface area contributed by atoms with Gasteiger partial charge < -0.3 is 4.90 Å². The maximum Gasteiger partial charge on any atom is 0.406 e. The first-order chi connectivity index (χ1) is 8.79. The molecule has 1 aliphatic carbocycles. The Balaban J connectivity index is 2.27. The van der Waals surface area contributed by atoms with Gasteiger partial charge in [0, 0.05) is 6.04 Å². The molecular weight excluding hydrogens is 330 g/mol. The third kappa shape index (κ3) is 3.46. The molecule has 1 fully saturated rings.